The van der Waals surface area contributed by atoms with E-state index < -0.39 is 0 Å². The zero-order valence-corrected chi connectivity index (χ0v) is 10.6. The van der Waals surface area contributed by atoms with Crippen molar-refractivity contribution in [3.63, 3.8) is 0 Å². The monoisotopic (exact) mass is 252 g/mol. The third-order valence-corrected chi connectivity index (χ3v) is 4.36. The molecule has 0 amide bonds. The maximum absolute atomic E-state index is 5.87. The van der Waals surface area contributed by atoms with Gasteiger partial charge in [0, 0.05) is 24.6 Å². The van der Waals surface area contributed by atoms with Gasteiger partial charge in [0.1, 0.15) is 0 Å². The van der Waals surface area contributed by atoms with Crippen LogP contribution in [0.15, 0.2) is 17.4 Å². The van der Waals surface area contributed by atoms with Gasteiger partial charge in [-0.05, 0) is 12.3 Å². The van der Waals surface area contributed by atoms with Crippen molar-refractivity contribution in [1.29, 1.82) is 0 Å². The maximum Gasteiger partial charge on any atom is 0.154 e. The Bertz CT molecular complexity index is 444. The smallest absolute Gasteiger partial charge is 0.154 e. The fourth-order valence-electron chi connectivity index (χ4n) is 2.40. The number of amidine groups is 1. The largest absolute Gasteiger partial charge is 0.379 e. The molecular formula is C11H16N4OS. The summed E-state index contributed by atoms with van der Waals surface area (Å²) in [6.07, 6.45) is 5.09. The number of hydrogen-bond donors (Lipinski definition) is 1. The normalized spacial score (nSPS) is 33.0. The molecule has 0 bridgehead atoms. The standard InChI is InChI=1S/C11H16N4OS/c1-15-4-8(3-13-15)10-2-7-6-17-11(12)14-9(7)5-16-10/h3-4,7,9-10H,2,5-6H2,1H3,(H2,12,14). The van der Waals surface area contributed by atoms with E-state index >= 15 is 0 Å². The van der Waals surface area contributed by atoms with Crippen molar-refractivity contribution < 1.29 is 4.74 Å². The molecule has 0 saturated carbocycles. The molecule has 0 spiro atoms. The van der Waals surface area contributed by atoms with Crippen LogP contribution in [0.5, 0.6) is 0 Å². The molecule has 92 valence electrons. The number of fused-ring (bicyclic) bond motifs is 1. The molecule has 6 heteroatoms. The molecule has 1 saturated heterocycles. The van der Waals surface area contributed by atoms with Crippen LogP contribution in [0.2, 0.25) is 0 Å². The van der Waals surface area contributed by atoms with Gasteiger partial charge in [-0.2, -0.15) is 5.10 Å². The van der Waals surface area contributed by atoms with E-state index in [-0.39, 0.29) is 12.1 Å². The van der Waals surface area contributed by atoms with E-state index in [4.69, 9.17) is 10.5 Å². The van der Waals surface area contributed by atoms with Crippen LogP contribution < -0.4 is 5.73 Å². The van der Waals surface area contributed by atoms with Crippen LogP contribution in [0.3, 0.4) is 0 Å². The molecule has 0 radical (unpaired) electrons. The molecule has 2 aliphatic rings. The average molecular weight is 252 g/mol. The molecule has 3 rings (SSSR count). The Labute approximate surface area is 104 Å². The lowest BCUT2D eigenvalue weighted by atomic mass is 9.91. The fraction of sp³-hybridized carbons (Fsp3) is 0.636. The Morgan fingerprint density at radius 3 is 3.24 bits per heavy atom. The van der Waals surface area contributed by atoms with Gasteiger partial charge in [0.25, 0.3) is 0 Å². The van der Waals surface area contributed by atoms with Gasteiger partial charge in [-0.25, -0.2) is 0 Å². The molecule has 0 aromatic carbocycles. The minimum absolute atomic E-state index is 0.167. The summed E-state index contributed by atoms with van der Waals surface area (Å²) in [4.78, 5) is 4.45. The summed E-state index contributed by atoms with van der Waals surface area (Å²) in [5.74, 6) is 1.63. The van der Waals surface area contributed by atoms with Gasteiger partial charge >= 0.3 is 0 Å². The van der Waals surface area contributed by atoms with E-state index in [1.807, 2.05) is 24.1 Å². The molecule has 3 heterocycles. The van der Waals surface area contributed by atoms with Crippen LogP contribution in [-0.4, -0.2) is 33.3 Å². The van der Waals surface area contributed by atoms with Crippen molar-refractivity contribution in [3.05, 3.63) is 18.0 Å². The number of ether oxygens (including phenoxy) is 1. The van der Waals surface area contributed by atoms with Gasteiger partial charge in [0.2, 0.25) is 0 Å². The summed E-state index contributed by atoms with van der Waals surface area (Å²) in [7, 11) is 1.93. The lowest BCUT2D eigenvalue weighted by Gasteiger charge is -2.36. The summed E-state index contributed by atoms with van der Waals surface area (Å²) in [6.45, 7) is 0.672. The first-order valence-electron chi connectivity index (χ1n) is 5.78. The third-order valence-electron chi connectivity index (χ3n) is 3.36. The highest BCUT2D eigenvalue weighted by Crippen LogP contribution is 2.36. The molecule has 1 aromatic rings. The topological polar surface area (TPSA) is 65.4 Å². The highest BCUT2D eigenvalue weighted by atomic mass is 32.2. The second kappa shape index (κ2) is 4.34. The van der Waals surface area contributed by atoms with E-state index in [1.54, 1.807) is 11.8 Å². The van der Waals surface area contributed by atoms with Crippen LogP contribution in [0.1, 0.15) is 18.1 Å². The number of nitrogens with zero attached hydrogens (tertiary/aromatic N) is 3. The van der Waals surface area contributed by atoms with E-state index in [0.717, 1.165) is 12.2 Å². The lowest BCUT2D eigenvalue weighted by Crippen LogP contribution is -2.38. The Morgan fingerprint density at radius 2 is 2.47 bits per heavy atom. The number of aliphatic imine (C=N–C) groups is 1. The lowest BCUT2D eigenvalue weighted by molar-refractivity contribution is -0.0176. The second-order valence-corrected chi connectivity index (χ2v) is 5.65. The molecule has 3 unspecified atom stereocenters. The van der Waals surface area contributed by atoms with Crippen LogP contribution in [0, 0.1) is 5.92 Å². The second-order valence-electron chi connectivity index (χ2n) is 4.61. The van der Waals surface area contributed by atoms with Gasteiger partial charge in [-0.1, -0.05) is 11.8 Å². The summed E-state index contributed by atoms with van der Waals surface area (Å²) < 4.78 is 7.69. The molecule has 1 aromatic heterocycles. The predicted octanol–water partition coefficient (Wildman–Crippen LogP) is 0.928. The Morgan fingerprint density at radius 1 is 1.59 bits per heavy atom. The molecule has 1 fully saturated rings. The van der Waals surface area contributed by atoms with Crippen molar-refractivity contribution in [2.45, 2.75) is 18.6 Å². The minimum Gasteiger partial charge on any atom is -0.379 e. The SMILES string of the molecule is Cn1cc(C2CC3CSC(N)=NC3CO2)cn1. The zero-order chi connectivity index (χ0) is 11.8. The number of hydrogen-bond acceptors (Lipinski definition) is 5. The molecule has 17 heavy (non-hydrogen) atoms. The Balaban J connectivity index is 1.73. The molecule has 2 aliphatic heterocycles. The number of rotatable bonds is 1. The van der Waals surface area contributed by atoms with Gasteiger partial charge in [0.05, 0.1) is 24.9 Å². The quantitative estimate of drug-likeness (QED) is 0.807. The van der Waals surface area contributed by atoms with Crippen molar-refractivity contribution in [3.8, 4) is 0 Å². The number of nitrogens with two attached hydrogens (primary N) is 1. The van der Waals surface area contributed by atoms with Crippen LogP contribution in [0.25, 0.3) is 0 Å². The molecular weight excluding hydrogens is 236 g/mol. The third kappa shape index (κ3) is 2.19. The summed E-state index contributed by atoms with van der Waals surface area (Å²) in [5.41, 5.74) is 6.90. The van der Waals surface area contributed by atoms with Crippen molar-refractivity contribution in [2.24, 2.45) is 23.7 Å². The van der Waals surface area contributed by atoms with Crippen LogP contribution >= 0.6 is 11.8 Å². The summed E-state index contributed by atoms with van der Waals surface area (Å²) >= 11 is 1.66. The Kier molecular flexibility index (Phi) is 2.84. The first kappa shape index (κ1) is 11.1. The number of thioether (sulfide) groups is 1. The average Bonchev–Trinajstić information content (AvgIpc) is 2.75. The van der Waals surface area contributed by atoms with Gasteiger partial charge < -0.3 is 10.5 Å². The van der Waals surface area contributed by atoms with Crippen molar-refractivity contribution in [2.75, 3.05) is 12.4 Å². The minimum atomic E-state index is 0.167. The predicted molar refractivity (Wildman–Crippen MR) is 67.9 cm³/mol. The fourth-order valence-corrected chi connectivity index (χ4v) is 3.36. The highest BCUT2D eigenvalue weighted by molar-refractivity contribution is 8.13. The Hall–Kier alpha value is -1.01. The summed E-state index contributed by atoms with van der Waals surface area (Å²) in [6, 6.07) is 0.254. The van der Waals surface area contributed by atoms with E-state index in [9.17, 15) is 0 Å². The molecule has 2 N–H and O–H groups in total. The van der Waals surface area contributed by atoms with E-state index in [1.165, 1.54) is 5.56 Å². The molecule has 5 nitrogen and oxygen atoms in total. The van der Waals surface area contributed by atoms with Gasteiger partial charge in [-0.15, -0.1) is 0 Å². The van der Waals surface area contributed by atoms with Crippen molar-refractivity contribution >= 4 is 16.9 Å². The number of aromatic nitrogens is 2. The van der Waals surface area contributed by atoms with E-state index in [0.29, 0.717) is 17.7 Å². The van der Waals surface area contributed by atoms with Gasteiger partial charge in [-0.3, -0.25) is 9.67 Å². The molecule has 0 aliphatic carbocycles. The maximum atomic E-state index is 5.87. The van der Waals surface area contributed by atoms with Gasteiger partial charge in [0.15, 0.2) is 5.17 Å². The molecule has 3 atom stereocenters. The summed E-state index contributed by atoms with van der Waals surface area (Å²) in [5, 5.41) is 4.90. The van der Waals surface area contributed by atoms with Crippen molar-refractivity contribution in [1.82, 2.24) is 9.78 Å². The first-order chi connectivity index (χ1) is 8.22. The van der Waals surface area contributed by atoms with E-state index in [2.05, 4.69) is 10.1 Å². The zero-order valence-electron chi connectivity index (χ0n) is 9.74. The van der Waals surface area contributed by atoms with Crippen LogP contribution in [0.4, 0.5) is 0 Å². The highest BCUT2D eigenvalue weighted by Gasteiger charge is 2.34. The first-order valence-corrected chi connectivity index (χ1v) is 6.77. The number of aryl methyl sites for hydroxylation is 1. The van der Waals surface area contributed by atoms with Crippen LogP contribution in [-0.2, 0) is 11.8 Å².